The highest BCUT2D eigenvalue weighted by molar-refractivity contribution is 5.79. The Morgan fingerprint density at radius 2 is 1.81 bits per heavy atom. The number of aromatic nitrogens is 1. The van der Waals surface area contributed by atoms with Crippen LogP contribution in [0, 0.1) is 0 Å². The highest BCUT2D eigenvalue weighted by Crippen LogP contribution is 2.21. The fourth-order valence-corrected chi connectivity index (χ4v) is 3.36. The summed E-state index contributed by atoms with van der Waals surface area (Å²) in [6.07, 6.45) is 4.50. The molecule has 1 aromatic carbocycles. The molecule has 0 atom stereocenters. The number of rotatable bonds is 6. The lowest BCUT2D eigenvalue weighted by Crippen LogP contribution is -2.43. The van der Waals surface area contributed by atoms with Crippen LogP contribution in [0.1, 0.15) is 37.8 Å². The molecule has 2 heterocycles. The van der Waals surface area contributed by atoms with E-state index >= 15 is 0 Å². The van der Waals surface area contributed by atoms with E-state index in [-0.39, 0.29) is 5.41 Å². The number of hydrogen-bond acceptors (Lipinski definition) is 3. The van der Waals surface area contributed by atoms with E-state index in [4.69, 9.17) is 0 Å². The van der Waals surface area contributed by atoms with Gasteiger partial charge in [0.2, 0.25) is 0 Å². The lowest BCUT2D eigenvalue weighted by atomic mass is 9.85. The molecular weight excluding hydrogens is 334 g/mol. The van der Waals surface area contributed by atoms with Crippen molar-refractivity contribution in [2.24, 2.45) is 4.99 Å². The fourth-order valence-electron chi connectivity index (χ4n) is 3.36. The van der Waals surface area contributed by atoms with Crippen LogP contribution in [0.15, 0.2) is 53.7 Å². The van der Waals surface area contributed by atoms with Crippen LogP contribution < -0.4 is 15.5 Å². The second-order valence-corrected chi connectivity index (χ2v) is 7.75. The van der Waals surface area contributed by atoms with E-state index in [0.29, 0.717) is 6.54 Å². The van der Waals surface area contributed by atoms with Crippen LogP contribution in [0.3, 0.4) is 0 Å². The third kappa shape index (κ3) is 5.22. The molecule has 2 aromatic rings. The van der Waals surface area contributed by atoms with E-state index in [9.17, 15) is 0 Å². The smallest absolute Gasteiger partial charge is 0.191 e. The van der Waals surface area contributed by atoms with Gasteiger partial charge in [0.25, 0.3) is 0 Å². The number of anilines is 1. The molecule has 1 saturated heterocycles. The quantitative estimate of drug-likeness (QED) is 0.609. The first-order chi connectivity index (χ1) is 13.1. The molecule has 0 bridgehead atoms. The van der Waals surface area contributed by atoms with Crippen molar-refractivity contribution in [3.05, 3.63) is 59.8 Å². The molecule has 5 nitrogen and oxygen atoms in total. The number of aliphatic imine (C=N–C) groups is 1. The molecule has 0 amide bonds. The molecule has 27 heavy (non-hydrogen) atoms. The first-order valence-electron chi connectivity index (χ1n) is 9.78. The predicted molar refractivity (Wildman–Crippen MR) is 113 cm³/mol. The van der Waals surface area contributed by atoms with Crippen molar-refractivity contribution in [2.75, 3.05) is 31.6 Å². The summed E-state index contributed by atoms with van der Waals surface area (Å²) in [4.78, 5) is 11.3. The number of pyridine rings is 1. The average Bonchev–Trinajstić information content (AvgIpc) is 3.24. The maximum Gasteiger partial charge on any atom is 0.191 e. The van der Waals surface area contributed by atoms with Gasteiger partial charge in [0, 0.05) is 44.8 Å². The lowest BCUT2D eigenvalue weighted by Gasteiger charge is -2.26. The van der Waals surface area contributed by atoms with Crippen LogP contribution in [-0.4, -0.2) is 37.6 Å². The Kier molecular flexibility index (Phi) is 6.32. The van der Waals surface area contributed by atoms with Gasteiger partial charge < -0.3 is 15.5 Å². The van der Waals surface area contributed by atoms with Gasteiger partial charge in [-0.15, -0.1) is 0 Å². The van der Waals surface area contributed by atoms with Gasteiger partial charge in [-0.2, -0.15) is 0 Å². The largest absolute Gasteiger partial charge is 0.357 e. The molecule has 0 aliphatic carbocycles. The molecule has 0 unspecified atom stereocenters. The van der Waals surface area contributed by atoms with Gasteiger partial charge in [-0.25, -0.2) is 4.98 Å². The molecular formula is C22H31N5. The highest BCUT2D eigenvalue weighted by Gasteiger charge is 2.20. The van der Waals surface area contributed by atoms with Crippen molar-refractivity contribution < 1.29 is 0 Å². The summed E-state index contributed by atoms with van der Waals surface area (Å²) < 4.78 is 0. The molecule has 0 radical (unpaired) electrons. The highest BCUT2D eigenvalue weighted by atomic mass is 15.2. The van der Waals surface area contributed by atoms with Gasteiger partial charge in [0.1, 0.15) is 5.82 Å². The molecule has 0 saturated carbocycles. The standard InChI is InChI=1S/C22H31N5/c1-22(2,19-9-5-4-6-10-19)17-26-21(23-3)25-16-18-11-12-20(24-15-18)27-13-7-8-14-27/h4-6,9-12,15H,7-8,13-14,16-17H2,1-3H3,(H2,23,25,26). The van der Waals surface area contributed by atoms with E-state index in [0.717, 1.165) is 37.0 Å². The summed E-state index contributed by atoms with van der Waals surface area (Å²) >= 11 is 0. The van der Waals surface area contributed by atoms with Crippen molar-refractivity contribution in [3.8, 4) is 0 Å². The van der Waals surface area contributed by atoms with E-state index in [2.05, 4.69) is 81.8 Å². The summed E-state index contributed by atoms with van der Waals surface area (Å²) in [5, 5.41) is 6.83. The summed E-state index contributed by atoms with van der Waals surface area (Å²) in [5.41, 5.74) is 2.50. The van der Waals surface area contributed by atoms with E-state index in [1.165, 1.54) is 18.4 Å². The zero-order valence-corrected chi connectivity index (χ0v) is 16.7. The molecule has 0 spiro atoms. The maximum absolute atomic E-state index is 4.62. The van der Waals surface area contributed by atoms with Crippen molar-refractivity contribution in [1.82, 2.24) is 15.6 Å². The predicted octanol–water partition coefficient (Wildman–Crippen LogP) is 3.32. The van der Waals surface area contributed by atoms with Crippen molar-refractivity contribution >= 4 is 11.8 Å². The molecule has 1 aliphatic rings. The van der Waals surface area contributed by atoms with Crippen LogP contribution >= 0.6 is 0 Å². The maximum atomic E-state index is 4.62. The van der Waals surface area contributed by atoms with E-state index < -0.39 is 0 Å². The Balaban J connectivity index is 1.50. The Labute approximate surface area is 162 Å². The van der Waals surface area contributed by atoms with Crippen molar-refractivity contribution in [1.29, 1.82) is 0 Å². The van der Waals surface area contributed by atoms with Gasteiger partial charge in [-0.1, -0.05) is 50.2 Å². The zero-order chi connectivity index (χ0) is 19.1. The monoisotopic (exact) mass is 365 g/mol. The fraction of sp³-hybridized carbons (Fsp3) is 0.455. The SMILES string of the molecule is CN=C(NCc1ccc(N2CCCC2)nc1)NCC(C)(C)c1ccccc1. The molecule has 1 fully saturated rings. The van der Waals surface area contributed by atoms with E-state index in [1.807, 2.05) is 6.20 Å². The minimum absolute atomic E-state index is 0.0256. The number of nitrogens with one attached hydrogen (secondary N) is 2. The minimum Gasteiger partial charge on any atom is -0.357 e. The zero-order valence-electron chi connectivity index (χ0n) is 16.7. The molecule has 3 rings (SSSR count). The van der Waals surface area contributed by atoms with Gasteiger partial charge in [0.05, 0.1) is 0 Å². The summed E-state index contributed by atoms with van der Waals surface area (Å²) in [6.45, 7) is 8.24. The van der Waals surface area contributed by atoms with E-state index in [1.54, 1.807) is 7.05 Å². The second kappa shape index (κ2) is 8.89. The van der Waals surface area contributed by atoms with Crippen LogP contribution in [0.4, 0.5) is 5.82 Å². The summed E-state index contributed by atoms with van der Waals surface area (Å²) in [6, 6.07) is 14.8. The van der Waals surface area contributed by atoms with Crippen LogP contribution in [-0.2, 0) is 12.0 Å². The van der Waals surface area contributed by atoms with Gasteiger partial charge in [-0.3, -0.25) is 4.99 Å². The third-order valence-corrected chi connectivity index (χ3v) is 5.18. The number of benzene rings is 1. The molecule has 2 N–H and O–H groups in total. The Hall–Kier alpha value is -2.56. The van der Waals surface area contributed by atoms with Gasteiger partial charge in [-0.05, 0) is 30.0 Å². The number of guanidine groups is 1. The van der Waals surface area contributed by atoms with Gasteiger partial charge in [0.15, 0.2) is 5.96 Å². The van der Waals surface area contributed by atoms with Crippen molar-refractivity contribution in [3.63, 3.8) is 0 Å². The first kappa shape index (κ1) is 19.2. The second-order valence-electron chi connectivity index (χ2n) is 7.75. The number of nitrogens with zero attached hydrogens (tertiary/aromatic N) is 3. The summed E-state index contributed by atoms with van der Waals surface area (Å²) in [7, 11) is 1.81. The number of hydrogen-bond donors (Lipinski definition) is 2. The molecule has 144 valence electrons. The molecule has 5 heteroatoms. The van der Waals surface area contributed by atoms with Gasteiger partial charge >= 0.3 is 0 Å². The average molecular weight is 366 g/mol. The Bertz CT molecular complexity index is 731. The third-order valence-electron chi connectivity index (χ3n) is 5.18. The lowest BCUT2D eigenvalue weighted by molar-refractivity contribution is 0.508. The van der Waals surface area contributed by atoms with Crippen LogP contribution in [0.25, 0.3) is 0 Å². The summed E-state index contributed by atoms with van der Waals surface area (Å²) in [5.74, 6) is 1.89. The molecule has 1 aliphatic heterocycles. The van der Waals surface area contributed by atoms with Crippen LogP contribution in [0.5, 0.6) is 0 Å². The topological polar surface area (TPSA) is 52.6 Å². The minimum atomic E-state index is 0.0256. The molecule has 1 aromatic heterocycles. The Morgan fingerprint density at radius 3 is 2.44 bits per heavy atom. The normalized spacial score (nSPS) is 15.1. The Morgan fingerprint density at radius 1 is 1.07 bits per heavy atom. The first-order valence-corrected chi connectivity index (χ1v) is 9.78. The van der Waals surface area contributed by atoms with Crippen LogP contribution in [0.2, 0.25) is 0 Å². The van der Waals surface area contributed by atoms with Crippen molar-refractivity contribution in [2.45, 2.75) is 38.6 Å².